The van der Waals surface area contributed by atoms with Crippen molar-refractivity contribution in [3.8, 4) is 0 Å². The Hall–Kier alpha value is -0.420. The second-order valence-corrected chi connectivity index (χ2v) is 5.65. The topological polar surface area (TPSA) is 65.1 Å². The van der Waals surface area contributed by atoms with E-state index < -0.39 is 7.60 Å². The van der Waals surface area contributed by atoms with Crippen LogP contribution in [-0.4, -0.2) is 56.5 Å². The fourth-order valence-corrected chi connectivity index (χ4v) is 3.18. The first-order valence-electron chi connectivity index (χ1n) is 5.85. The number of nitrogens with zero attached hydrogens (tertiary/aromatic N) is 1. The summed E-state index contributed by atoms with van der Waals surface area (Å²) in [6.45, 7) is 6.13. The summed E-state index contributed by atoms with van der Waals surface area (Å²) in [7, 11) is -3.27. The van der Waals surface area contributed by atoms with Gasteiger partial charge in [0.15, 0.2) is 0 Å². The molecule has 0 N–H and O–H groups in total. The summed E-state index contributed by atoms with van der Waals surface area (Å²) in [5.74, 6) is -0.196. The minimum atomic E-state index is -3.27. The highest BCUT2D eigenvalue weighted by Crippen LogP contribution is 2.47. The summed E-state index contributed by atoms with van der Waals surface area (Å²) in [5.41, 5.74) is 0. The van der Waals surface area contributed by atoms with Crippen LogP contribution in [0.25, 0.3) is 0 Å². The lowest BCUT2D eigenvalue weighted by atomic mass is 10.4. The summed E-state index contributed by atoms with van der Waals surface area (Å²) >= 11 is 0. The van der Waals surface area contributed by atoms with Crippen molar-refractivity contribution in [2.75, 3.05) is 45.7 Å². The van der Waals surface area contributed by atoms with Crippen molar-refractivity contribution in [3.05, 3.63) is 0 Å². The molecule has 0 spiro atoms. The maximum atomic E-state index is 12.1. The predicted octanol–water partition coefficient (Wildman–Crippen LogP) is 1.11. The molecular formula is C10H20NO5P. The number of hydrogen-bond acceptors (Lipinski definition) is 5. The zero-order chi connectivity index (χ0) is 12.7. The number of ether oxygens (including phenoxy) is 1. The van der Waals surface area contributed by atoms with E-state index in [4.69, 9.17) is 13.8 Å². The van der Waals surface area contributed by atoms with Gasteiger partial charge in [-0.15, -0.1) is 0 Å². The third-order valence-corrected chi connectivity index (χ3v) is 4.31. The van der Waals surface area contributed by atoms with Gasteiger partial charge in [-0.25, -0.2) is 0 Å². The van der Waals surface area contributed by atoms with Crippen molar-refractivity contribution < 1.29 is 23.1 Å². The van der Waals surface area contributed by atoms with Crippen LogP contribution < -0.4 is 0 Å². The molecule has 0 aromatic heterocycles. The largest absolute Gasteiger partial charge is 0.378 e. The molecule has 1 fully saturated rings. The van der Waals surface area contributed by atoms with Crippen LogP contribution >= 0.6 is 7.60 Å². The van der Waals surface area contributed by atoms with Gasteiger partial charge in [-0.1, -0.05) is 0 Å². The van der Waals surface area contributed by atoms with Crippen LogP contribution in [0.3, 0.4) is 0 Å². The van der Waals surface area contributed by atoms with E-state index in [2.05, 4.69) is 0 Å². The van der Waals surface area contributed by atoms with E-state index in [1.54, 1.807) is 18.7 Å². The zero-order valence-corrected chi connectivity index (χ0v) is 11.3. The van der Waals surface area contributed by atoms with Crippen molar-refractivity contribution in [2.45, 2.75) is 13.8 Å². The molecule has 0 saturated carbocycles. The third-order valence-electron chi connectivity index (χ3n) is 2.34. The molecule has 0 aliphatic carbocycles. The van der Waals surface area contributed by atoms with Crippen LogP contribution in [0.1, 0.15) is 13.8 Å². The van der Waals surface area contributed by atoms with E-state index in [1.165, 1.54) is 0 Å². The lowest BCUT2D eigenvalue weighted by Gasteiger charge is -2.28. The quantitative estimate of drug-likeness (QED) is 0.673. The molecule has 17 heavy (non-hydrogen) atoms. The molecule has 0 bridgehead atoms. The van der Waals surface area contributed by atoms with E-state index in [0.717, 1.165) is 0 Å². The van der Waals surface area contributed by atoms with Gasteiger partial charge in [-0.2, -0.15) is 0 Å². The molecule has 100 valence electrons. The van der Waals surface area contributed by atoms with Gasteiger partial charge in [0.05, 0.1) is 26.4 Å². The van der Waals surface area contributed by atoms with E-state index in [0.29, 0.717) is 26.3 Å². The average Bonchev–Trinajstić information content (AvgIpc) is 2.30. The van der Waals surface area contributed by atoms with Crippen LogP contribution in [0.2, 0.25) is 0 Å². The Labute approximate surface area is 102 Å². The molecule has 6 nitrogen and oxygen atoms in total. The fraction of sp³-hybridized carbons (Fsp3) is 0.900. The summed E-state index contributed by atoms with van der Waals surface area (Å²) in [4.78, 5) is 13.5. The van der Waals surface area contributed by atoms with Gasteiger partial charge in [0.2, 0.25) is 5.91 Å². The van der Waals surface area contributed by atoms with Gasteiger partial charge in [-0.3, -0.25) is 9.36 Å². The lowest BCUT2D eigenvalue weighted by molar-refractivity contribution is -0.132. The Morgan fingerprint density at radius 2 is 1.76 bits per heavy atom. The molecule has 1 saturated heterocycles. The van der Waals surface area contributed by atoms with Gasteiger partial charge < -0.3 is 18.7 Å². The monoisotopic (exact) mass is 265 g/mol. The van der Waals surface area contributed by atoms with Crippen molar-refractivity contribution in [1.82, 2.24) is 4.90 Å². The van der Waals surface area contributed by atoms with Crippen LogP contribution in [0.15, 0.2) is 0 Å². The van der Waals surface area contributed by atoms with Crippen LogP contribution in [0.4, 0.5) is 0 Å². The molecular weight excluding hydrogens is 245 g/mol. The Morgan fingerprint density at radius 1 is 1.24 bits per heavy atom. The normalized spacial score (nSPS) is 17.2. The number of hydrogen-bond donors (Lipinski definition) is 0. The summed E-state index contributed by atoms with van der Waals surface area (Å²) in [5, 5.41) is 0. The Morgan fingerprint density at radius 3 is 2.24 bits per heavy atom. The fourth-order valence-electron chi connectivity index (χ4n) is 1.60. The first-order valence-corrected chi connectivity index (χ1v) is 7.57. The molecule has 1 amide bonds. The minimum absolute atomic E-state index is 0.186. The Bertz CT molecular complexity index is 280. The maximum absolute atomic E-state index is 12.1. The highest BCUT2D eigenvalue weighted by atomic mass is 31.2. The summed E-state index contributed by atoms with van der Waals surface area (Å²) < 4.78 is 27.5. The van der Waals surface area contributed by atoms with Crippen molar-refractivity contribution in [1.29, 1.82) is 0 Å². The van der Waals surface area contributed by atoms with Crippen LogP contribution in [0, 0.1) is 0 Å². The van der Waals surface area contributed by atoms with Gasteiger partial charge in [0, 0.05) is 13.1 Å². The molecule has 1 rings (SSSR count). The van der Waals surface area contributed by atoms with E-state index >= 15 is 0 Å². The van der Waals surface area contributed by atoms with Gasteiger partial charge in [0.25, 0.3) is 0 Å². The molecule has 7 heteroatoms. The number of carbonyl (C=O) groups is 1. The Balaban J connectivity index is 2.53. The number of morpholine rings is 1. The van der Waals surface area contributed by atoms with E-state index in [9.17, 15) is 9.36 Å². The van der Waals surface area contributed by atoms with Crippen molar-refractivity contribution in [2.24, 2.45) is 0 Å². The SMILES string of the molecule is CCOP(=O)(CC(=O)N1CCOCC1)OCC. The Kier molecular flexibility index (Phi) is 6.12. The van der Waals surface area contributed by atoms with Gasteiger partial charge in [-0.05, 0) is 13.8 Å². The van der Waals surface area contributed by atoms with Crippen molar-refractivity contribution in [3.63, 3.8) is 0 Å². The van der Waals surface area contributed by atoms with Gasteiger partial charge in [0.1, 0.15) is 6.16 Å². The minimum Gasteiger partial charge on any atom is -0.378 e. The molecule has 1 aliphatic heterocycles. The number of rotatable bonds is 6. The average molecular weight is 265 g/mol. The van der Waals surface area contributed by atoms with E-state index in [1.807, 2.05) is 0 Å². The molecule has 0 radical (unpaired) electrons. The number of carbonyl (C=O) groups excluding carboxylic acids is 1. The highest BCUT2D eigenvalue weighted by Gasteiger charge is 2.30. The van der Waals surface area contributed by atoms with Crippen LogP contribution in [0.5, 0.6) is 0 Å². The first-order chi connectivity index (χ1) is 8.11. The summed E-state index contributed by atoms with van der Waals surface area (Å²) in [6, 6.07) is 0. The standard InChI is InChI=1S/C10H20NO5P/c1-3-15-17(13,16-4-2)9-10(12)11-5-7-14-8-6-11/h3-9H2,1-2H3. The predicted molar refractivity (Wildman–Crippen MR) is 63.1 cm³/mol. The van der Waals surface area contributed by atoms with Gasteiger partial charge >= 0.3 is 7.60 Å². The summed E-state index contributed by atoms with van der Waals surface area (Å²) in [6.07, 6.45) is -0.186. The molecule has 0 atom stereocenters. The highest BCUT2D eigenvalue weighted by molar-refractivity contribution is 7.54. The van der Waals surface area contributed by atoms with Crippen LogP contribution in [-0.2, 0) is 23.1 Å². The second-order valence-electron chi connectivity index (χ2n) is 3.60. The smallest absolute Gasteiger partial charge is 0.340 e. The first kappa shape index (κ1) is 14.6. The van der Waals surface area contributed by atoms with Crippen molar-refractivity contribution >= 4 is 13.5 Å². The zero-order valence-electron chi connectivity index (χ0n) is 10.4. The molecule has 0 aromatic carbocycles. The number of amides is 1. The van der Waals surface area contributed by atoms with E-state index in [-0.39, 0.29) is 25.3 Å². The lowest BCUT2D eigenvalue weighted by Crippen LogP contribution is -2.42. The third kappa shape index (κ3) is 4.76. The maximum Gasteiger partial charge on any atom is 0.340 e. The second kappa shape index (κ2) is 7.11. The molecule has 1 aliphatic rings. The molecule has 0 aromatic rings. The molecule has 1 heterocycles. The molecule has 0 unspecified atom stereocenters.